The Morgan fingerprint density at radius 1 is 1.31 bits per heavy atom. The summed E-state index contributed by atoms with van der Waals surface area (Å²) in [6, 6.07) is 0. The lowest BCUT2D eigenvalue weighted by Gasteiger charge is -1.97. The predicted octanol–water partition coefficient (Wildman–Crippen LogP) is 4.50. The van der Waals surface area contributed by atoms with Gasteiger partial charge in [-0.25, -0.2) is 0 Å². The van der Waals surface area contributed by atoms with Gasteiger partial charge >= 0.3 is 0 Å². The molecule has 13 heavy (non-hydrogen) atoms. The first-order valence-electron chi connectivity index (χ1n) is 5.23. The molecule has 0 saturated heterocycles. The molecule has 0 aromatic carbocycles. The van der Waals surface area contributed by atoms with E-state index >= 15 is 0 Å². The fraction of sp³-hybridized carbons (Fsp3) is 0.538. The molecule has 0 bridgehead atoms. The second-order valence-corrected chi connectivity index (χ2v) is 3.54. The summed E-state index contributed by atoms with van der Waals surface area (Å²) in [6.45, 7) is 10.6. The van der Waals surface area contributed by atoms with Gasteiger partial charge in [0.1, 0.15) is 0 Å². The Morgan fingerprint density at radius 3 is 2.54 bits per heavy atom. The average molecular weight is 178 g/mol. The van der Waals surface area contributed by atoms with E-state index in [1.807, 2.05) is 0 Å². The van der Waals surface area contributed by atoms with Gasteiger partial charge in [-0.1, -0.05) is 70.1 Å². The van der Waals surface area contributed by atoms with Crippen molar-refractivity contribution in [2.75, 3.05) is 0 Å². The van der Waals surface area contributed by atoms with E-state index in [0.29, 0.717) is 5.92 Å². The normalized spacial score (nSPS) is 14.1. The van der Waals surface area contributed by atoms with Crippen LogP contribution in [0, 0.1) is 5.92 Å². The van der Waals surface area contributed by atoms with Crippen molar-refractivity contribution in [3.8, 4) is 0 Å². The highest BCUT2D eigenvalue weighted by molar-refractivity contribution is 5.19. The molecule has 74 valence electrons. The minimum atomic E-state index is 0.684. The smallest absolute Gasteiger partial charge is 0.0261 e. The monoisotopic (exact) mass is 178 g/mol. The van der Waals surface area contributed by atoms with Gasteiger partial charge in [-0.15, -0.1) is 0 Å². The fourth-order valence-electron chi connectivity index (χ4n) is 0.986. The minimum Gasteiger partial charge on any atom is -0.0958 e. The van der Waals surface area contributed by atoms with Crippen LogP contribution in [0.1, 0.15) is 40.0 Å². The fourth-order valence-corrected chi connectivity index (χ4v) is 0.986. The summed E-state index contributed by atoms with van der Waals surface area (Å²) in [6.07, 6.45) is 12.0. The van der Waals surface area contributed by atoms with E-state index < -0.39 is 0 Å². The van der Waals surface area contributed by atoms with Crippen LogP contribution in [0.3, 0.4) is 0 Å². The minimum absolute atomic E-state index is 0.684. The number of allylic oxidation sites excluding steroid dienone is 5. The van der Waals surface area contributed by atoms with Crippen LogP contribution in [0.4, 0.5) is 0 Å². The van der Waals surface area contributed by atoms with Crippen molar-refractivity contribution in [2.45, 2.75) is 40.0 Å². The molecular formula is C13H22. The average Bonchev–Trinajstić information content (AvgIpc) is 2.12. The molecule has 0 unspecified atom stereocenters. The van der Waals surface area contributed by atoms with Crippen molar-refractivity contribution >= 4 is 0 Å². The van der Waals surface area contributed by atoms with Gasteiger partial charge in [-0.05, 0) is 12.3 Å². The highest BCUT2D eigenvalue weighted by atomic mass is 13.9. The van der Waals surface area contributed by atoms with Crippen LogP contribution in [-0.2, 0) is 0 Å². The van der Waals surface area contributed by atoms with E-state index in [0.717, 1.165) is 6.42 Å². The maximum Gasteiger partial charge on any atom is -0.0261 e. The summed E-state index contributed by atoms with van der Waals surface area (Å²) >= 11 is 0. The Bertz CT molecular complexity index is 184. The molecule has 0 radical (unpaired) electrons. The molecule has 0 rings (SSSR count). The third kappa shape index (κ3) is 7.58. The standard InChI is InChI=1S/C13H22/c1-5-9-13(4)11-8-7-10-12(3)6-2/h7-8,10-12H,4-6,9H2,1-3H3/b10-7-,11-8-/t12-/m1/s1. The molecule has 0 saturated carbocycles. The molecule has 0 aromatic rings. The van der Waals surface area contributed by atoms with Crippen molar-refractivity contribution in [3.05, 3.63) is 36.5 Å². The Balaban J connectivity index is 3.73. The van der Waals surface area contributed by atoms with Crippen LogP contribution < -0.4 is 0 Å². The number of rotatable bonds is 6. The van der Waals surface area contributed by atoms with Gasteiger partial charge in [-0.3, -0.25) is 0 Å². The molecule has 0 aliphatic rings. The summed E-state index contributed by atoms with van der Waals surface area (Å²) in [4.78, 5) is 0. The molecule has 0 fully saturated rings. The molecule has 0 heterocycles. The molecule has 0 aliphatic heterocycles. The van der Waals surface area contributed by atoms with Gasteiger partial charge in [0.15, 0.2) is 0 Å². The highest BCUT2D eigenvalue weighted by Crippen LogP contribution is 2.04. The van der Waals surface area contributed by atoms with Gasteiger partial charge in [0.05, 0.1) is 0 Å². The number of hydrogen-bond donors (Lipinski definition) is 0. The molecule has 0 N–H and O–H groups in total. The van der Waals surface area contributed by atoms with Gasteiger partial charge in [0.25, 0.3) is 0 Å². The Morgan fingerprint density at radius 2 is 2.00 bits per heavy atom. The molecule has 0 aromatic heterocycles. The second kappa shape index (κ2) is 7.85. The van der Waals surface area contributed by atoms with Crippen LogP contribution >= 0.6 is 0 Å². The summed E-state index contributed by atoms with van der Waals surface area (Å²) in [5.41, 5.74) is 1.22. The zero-order valence-electron chi connectivity index (χ0n) is 9.22. The van der Waals surface area contributed by atoms with E-state index in [-0.39, 0.29) is 0 Å². The van der Waals surface area contributed by atoms with Crippen molar-refractivity contribution in [1.29, 1.82) is 0 Å². The maximum absolute atomic E-state index is 3.96. The van der Waals surface area contributed by atoms with Crippen molar-refractivity contribution in [1.82, 2.24) is 0 Å². The van der Waals surface area contributed by atoms with E-state index in [2.05, 4.69) is 51.7 Å². The lowest BCUT2D eigenvalue weighted by Crippen LogP contribution is -1.82. The van der Waals surface area contributed by atoms with E-state index in [1.165, 1.54) is 18.4 Å². The van der Waals surface area contributed by atoms with E-state index in [1.54, 1.807) is 0 Å². The molecule has 0 heteroatoms. The first-order chi connectivity index (χ1) is 6.20. The third-order valence-electron chi connectivity index (χ3n) is 2.10. The largest absolute Gasteiger partial charge is 0.0958 e. The lowest BCUT2D eigenvalue weighted by atomic mass is 10.1. The first-order valence-corrected chi connectivity index (χ1v) is 5.23. The van der Waals surface area contributed by atoms with Gasteiger partial charge < -0.3 is 0 Å². The van der Waals surface area contributed by atoms with Crippen LogP contribution in [-0.4, -0.2) is 0 Å². The Labute approximate surface area is 83.0 Å². The van der Waals surface area contributed by atoms with Crippen LogP contribution in [0.15, 0.2) is 36.5 Å². The third-order valence-corrected chi connectivity index (χ3v) is 2.10. The molecule has 0 spiro atoms. The van der Waals surface area contributed by atoms with Crippen LogP contribution in [0.25, 0.3) is 0 Å². The predicted molar refractivity (Wildman–Crippen MR) is 61.8 cm³/mol. The number of hydrogen-bond acceptors (Lipinski definition) is 0. The quantitative estimate of drug-likeness (QED) is 0.525. The Kier molecular flexibility index (Phi) is 7.38. The Hall–Kier alpha value is -0.780. The zero-order chi connectivity index (χ0) is 10.1. The molecule has 1 atom stereocenters. The van der Waals surface area contributed by atoms with E-state index in [4.69, 9.17) is 0 Å². The molecule has 0 nitrogen and oxygen atoms in total. The summed E-state index contributed by atoms with van der Waals surface area (Å²) < 4.78 is 0. The first kappa shape index (κ1) is 12.2. The van der Waals surface area contributed by atoms with Gasteiger partial charge in [0, 0.05) is 0 Å². The molecular weight excluding hydrogens is 156 g/mol. The topological polar surface area (TPSA) is 0 Å². The maximum atomic E-state index is 3.96. The van der Waals surface area contributed by atoms with Crippen LogP contribution in [0.5, 0.6) is 0 Å². The van der Waals surface area contributed by atoms with Gasteiger partial charge in [-0.2, -0.15) is 0 Å². The summed E-state index contributed by atoms with van der Waals surface area (Å²) in [5.74, 6) is 0.684. The summed E-state index contributed by atoms with van der Waals surface area (Å²) in [5, 5.41) is 0. The summed E-state index contributed by atoms with van der Waals surface area (Å²) in [7, 11) is 0. The SMILES string of the molecule is C=C(/C=C\C=C/[C@H](C)CC)CCC. The second-order valence-electron chi connectivity index (χ2n) is 3.54. The van der Waals surface area contributed by atoms with E-state index in [9.17, 15) is 0 Å². The zero-order valence-corrected chi connectivity index (χ0v) is 9.22. The molecule has 0 aliphatic carbocycles. The van der Waals surface area contributed by atoms with Crippen molar-refractivity contribution in [3.63, 3.8) is 0 Å². The lowest BCUT2D eigenvalue weighted by molar-refractivity contribution is 0.698. The van der Waals surface area contributed by atoms with Crippen LogP contribution in [0.2, 0.25) is 0 Å². The van der Waals surface area contributed by atoms with Crippen molar-refractivity contribution in [2.24, 2.45) is 5.92 Å². The molecule has 0 amide bonds. The highest BCUT2D eigenvalue weighted by Gasteiger charge is 1.88. The van der Waals surface area contributed by atoms with Crippen molar-refractivity contribution < 1.29 is 0 Å². The van der Waals surface area contributed by atoms with Gasteiger partial charge in [0.2, 0.25) is 0 Å².